The average Bonchev–Trinajstić information content (AvgIpc) is 3.11. The molecule has 0 spiro atoms. The predicted octanol–water partition coefficient (Wildman–Crippen LogP) is 9.66. The Morgan fingerprint density at radius 2 is 1.12 bits per heavy atom. The third kappa shape index (κ3) is 34.8. The Bertz CT molecular complexity index is 1030. The lowest BCUT2D eigenvalue weighted by Crippen LogP contribution is -2.43. The van der Waals surface area contributed by atoms with E-state index in [0.717, 1.165) is 57.8 Å². The van der Waals surface area contributed by atoms with Crippen molar-refractivity contribution in [3.8, 4) is 0 Å². The second kappa shape index (κ2) is 35.7. The number of aliphatic hydroxyl groups is 1. The zero-order valence-corrected chi connectivity index (χ0v) is 33.3. The van der Waals surface area contributed by atoms with Crippen molar-refractivity contribution in [2.75, 3.05) is 19.8 Å². The van der Waals surface area contributed by atoms with Crippen LogP contribution in [0.5, 0.6) is 0 Å². The lowest BCUT2D eigenvalue weighted by Gasteiger charge is -2.18. The molecular weight excluding hydrogens is 685 g/mol. The summed E-state index contributed by atoms with van der Waals surface area (Å²) in [5, 5.41) is 21.8. The number of esters is 1. The summed E-state index contributed by atoms with van der Waals surface area (Å²) in [5.41, 5.74) is 0. The van der Waals surface area contributed by atoms with Crippen LogP contribution in [0.2, 0.25) is 0 Å². The molecule has 0 aromatic rings. The number of rotatable bonds is 37. The van der Waals surface area contributed by atoms with Crippen LogP contribution >= 0.6 is 7.82 Å². The summed E-state index contributed by atoms with van der Waals surface area (Å²) in [6.45, 7) is 2.43. The van der Waals surface area contributed by atoms with Gasteiger partial charge in [-0.05, 0) is 44.9 Å². The molecule has 302 valence electrons. The first kappa shape index (κ1) is 49.7. The average molecular weight is 758 g/mol. The van der Waals surface area contributed by atoms with E-state index in [4.69, 9.17) is 13.8 Å². The van der Waals surface area contributed by atoms with Crippen molar-refractivity contribution in [3.05, 3.63) is 36.5 Å². The second-order valence-electron chi connectivity index (χ2n) is 13.4. The van der Waals surface area contributed by atoms with Gasteiger partial charge in [-0.3, -0.25) is 18.6 Å². The van der Waals surface area contributed by atoms with Gasteiger partial charge in [-0.25, -0.2) is 9.36 Å². The van der Waals surface area contributed by atoms with Crippen molar-refractivity contribution >= 4 is 25.7 Å². The van der Waals surface area contributed by atoms with Crippen LogP contribution < -0.4 is 5.32 Å². The number of hydrogen-bond donors (Lipinski definition) is 4. The highest BCUT2D eigenvalue weighted by molar-refractivity contribution is 7.47. The number of amides is 1. The number of unbranched alkanes of at least 4 members (excludes halogenated alkanes) is 17. The van der Waals surface area contributed by atoms with Crippen molar-refractivity contribution in [3.63, 3.8) is 0 Å². The van der Waals surface area contributed by atoms with Crippen molar-refractivity contribution in [2.24, 2.45) is 0 Å². The standard InChI is InChI=1S/C40H72NO10P/c1-3-5-7-9-11-13-15-17-18-20-21-23-25-27-29-31-38(43)41-37(40(45)46)35-51-52(47,48)50-34-36(42)33-49-39(44)32-30-28-26-24-22-19-16-14-12-10-8-6-4-2/h6,8,12,14,19,22,36-37,42H,3-5,7,9-11,13,15-18,20-21,23-35H2,1-2H3,(H,41,43)(H,45,46)(H,47,48)/b8-6-,14-12-,22-19-. The minimum Gasteiger partial charge on any atom is -0.480 e. The van der Waals surface area contributed by atoms with Gasteiger partial charge in [0.15, 0.2) is 6.04 Å². The summed E-state index contributed by atoms with van der Waals surface area (Å²) in [5.74, 6) is -2.40. The molecule has 3 unspecified atom stereocenters. The molecule has 0 saturated carbocycles. The van der Waals surface area contributed by atoms with E-state index in [9.17, 15) is 34.1 Å². The number of carboxylic acid groups (broad SMARTS) is 1. The first-order valence-electron chi connectivity index (χ1n) is 20.0. The van der Waals surface area contributed by atoms with Gasteiger partial charge in [-0.15, -0.1) is 0 Å². The van der Waals surface area contributed by atoms with Crippen molar-refractivity contribution < 1.29 is 47.8 Å². The maximum absolute atomic E-state index is 12.3. The van der Waals surface area contributed by atoms with Gasteiger partial charge in [0.2, 0.25) is 5.91 Å². The second-order valence-corrected chi connectivity index (χ2v) is 14.9. The molecule has 3 atom stereocenters. The molecule has 0 radical (unpaired) electrons. The van der Waals surface area contributed by atoms with E-state index in [0.29, 0.717) is 12.8 Å². The van der Waals surface area contributed by atoms with Crippen LogP contribution in [-0.4, -0.2) is 64.9 Å². The van der Waals surface area contributed by atoms with Crippen molar-refractivity contribution in [1.82, 2.24) is 5.32 Å². The first-order chi connectivity index (χ1) is 25.1. The Morgan fingerprint density at radius 1 is 0.635 bits per heavy atom. The van der Waals surface area contributed by atoms with Crippen LogP contribution in [-0.2, 0) is 32.7 Å². The Labute approximate surface area is 314 Å². The quantitative estimate of drug-likeness (QED) is 0.0207. The number of phosphoric ester groups is 1. The van der Waals surface area contributed by atoms with Gasteiger partial charge in [0.1, 0.15) is 12.7 Å². The number of hydrogen-bond acceptors (Lipinski definition) is 8. The van der Waals surface area contributed by atoms with Gasteiger partial charge in [0.05, 0.1) is 13.2 Å². The topological polar surface area (TPSA) is 169 Å². The van der Waals surface area contributed by atoms with E-state index < -0.39 is 57.6 Å². The molecule has 12 heteroatoms. The highest BCUT2D eigenvalue weighted by Gasteiger charge is 2.28. The van der Waals surface area contributed by atoms with Crippen LogP contribution in [0.25, 0.3) is 0 Å². The minimum absolute atomic E-state index is 0.146. The zero-order valence-electron chi connectivity index (χ0n) is 32.4. The summed E-state index contributed by atoms with van der Waals surface area (Å²) in [6, 6.07) is -1.55. The lowest BCUT2D eigenvalue weighted by molar-refractivity contribution is -0.147. The molecule has 0 aliphatic carbocycles. The monoisotopic (exact) mass is 757 g/mol. The highest BCUT2D eigenvalue weighted by Crippen LogP contribution is 2.43. The van der Waals surface area contributed by atoms with Crippen LogP contribution in [0, 0.1) is 0 Å². The SMILES string of the molecule is CC/C=C\C/C=C\C/C=C\CCCCCC(=O)OCC(O)COP(=O)(O)OCC(NC(=O)CCCCCCCCCCCCCCCCC)C(=O)O. The molecule has 0 aliphatic heterocycles. The number of carbonyl (C=O) groups is 3. The maximum atomic E-state index is 12.3. The molecule has 0 heterocycles. The Kier molecular flexibility index (Phi) is 34.1. The van der Waals surface area contributed by atoms with E-state index in [1.54, 1.807) is 0 Å². The van der Waals surface area contributed by atoms with E-state index in [2.05, 4.69) is 55.6 Å². The van der Waals surface area contributed by atoms with Gasteiger partial charge >= 0.3 is 19.8 Å². The fraction of sp³-hybridized carbons (Fsp3) is 0.775. The number of carbonyl (C=O) groups excluding carboxylic acids is 2. The summed E-state index contributed by atoms with van der Waals surface area (Å²) in [6.07, 6.45) is 36.0. The number of carboxylic acids is 1. The van der Waals surface area contributed by atoms with Crippen LogP contribution in [0.1, 0.15) is 168 Å². The smallest absolute Gasteiger partial charge is 0.472 e. The maximum Gasteiger partial charge on any atom is 0.472 e. The molecule has 0 fully saturated rings. The number of phosphoric acid groups is 1. The fourth-order valence-corrected chi connectivity index (χ4v) is 6.10. The third-order valence-corrected chi connectivity index (χ3v) is 9.39. The normalized spacial score (nSPS) is 14.2. The highest BCUT2D eigenvalue weighted by atomic mass is 31.2. The molecule has 11 nitrogen and oxygen atoms in total. The predicted molar refractivity (Wildman–Crippen MR) is 208 cm³/mol. The molecule has 52 heavy (non-hydrogen) atoms. The molecule has 0 rings (SSSR count). The molecule has 4 N–H and O–H groups in total. The van der Waals surface area contributed by atoms with Crippen molar-refractivity contribution in [1.29, 1.82) is 0 Å². The number of ether oxygens (including phenoxy) is 1. The van der Waals surface area contributed by atoms with Gasteiger partial charge in [0.25, 0.3) is 0 Å². The van der Waals surface area contributed by atoms with Gasteiger partial charge in [-0.2, -0.15) is 0 Å². The summed E-state index contributed by atoms with van der Waals surface area (Å²) in [7, 11) is -4.76. The van der Waals surface area contributed by atoms with E-state index in [1.165, 1.54) is 70.6 Å². The van der Waals surface area contributed by atoms with Crippen molar-refractivity contribution in [2.45, 2.75) is 180 Å². The number of aliphatic carboxylic acids is 1. The molecule has 0 aliphatic rings. The Morgan fingerprint density at radius 3 is 1.67 bits per heavy atom. The fourth-order valence-electron chi connectivity index (χ4n) is 5.33. The molecule has 0 saturated heterocycles. The molecular formula is C40H72NO10P. The van der Waals surface area contributed by atoms with Gasteiger partial charge in [0, 0.05) is 12.8 Å². The van der Waals surface area contributed by atoms with E-state index >= 15 is 0 Å². The lowest BCUT2D eigenvalue weighted by atomic mass is 10.0. The summed E-state index contributed by atoms with van der Waals surface area (Å²) >= 11 is 0. The number of aliphatic hydroxyl groups excluding tert-OH is 1. The number of nitrogens with one attached hydrogen (secondary N) is 1. The number of allylic oxidation sites excluding steroid dienone is 6. The van der Waals surface area contributed by atoms with Crippen LogP contribution in [0.4, 0.5) is 0 Å². The van der Waals surface area contributed by atoms with Gasteiger partial charge < -0.3 is 25.2 Å². The minimum atomic E-state index is -4.76. The largest absolute Gasteiger partial charge is 0.480 e. The zero-order chi connectivity index (χ0) is 38.5. The van der Waals surface area contributed by atoms with Crippen LogP contribution in [0.15, 0.2) is 36.5 Å². The first-order valence-corrected chi connectivity index (χ1v) is 21.5. The molecule has 0 aromatic heterocycles. The molecule has 0 aromatic carbocycles. The molecule has 0 bridgehead atoms. The van der Waals surface area contributed by atoms with E-state index in [-0.39, 0.29) is 12.8 Å². The Hall–Kier alpha value is -2.30. The van der Waals surface area contributed by atoms with E-state index in [1.807, 2.05) is 0 Å². The molecule has 1 amide bonds. The van der Waals surface area contributed by atoms with Gasteiger partial charge in [-0.1, -0.05) is 147 Å². The summed E-state index contributed by atoms with van der Waals surface area (Å²) < 4.78 is 26.7. The van der Waals surface area contributed by atoms with Crippen LogP contribution in [0.3, 0.4) is 0 Å². The Balaban J connectivity index is 3.97. The summed E-state index contributed by atoms with van der Waals surface area (Å²) in [4.78, 5) is 45.7. The third-order valence-electron chi connectivity index (χ3n) is 8.44.